The van der Waals surface area contributed by atoms with Gasteiger partial charge in [-0.05, 0) is 67.9 Å². The van der Waals surface area contributed by atoms with Crippen molar-refractivity contribution in [3.63, 3.8) is 0 Å². The Kier molecular flexibility index (Phi) is 7.12. The van der Waals surface area contributed by atoms with Gasteiger partial charge >= 0.3 is 0 Å². The van der Waals surface area contributed by atoms with Crippen LogP contribution in [-0.4, -0.2) is 37.0 Å². The molecule has 3 aromatic carbocycles. The van der Waals surface area contributed by atoms with E-state index in [1.165, 1.54) is 12.0 Å². The van der Waals surface area contributed by atoms with Crippen LogP contribution in [0.5, 0.6) is 5.75 Å². The third kappa shape index (κ3) is 4.49. The second kappa shape index (κ2) is 10.2. The Hall–Kier alpha value is -3.77. The molecule has 3 aromatic rings. The van der Waals surface area contributed by atoms with Crippen LogP contribution in [-0.2, 0) is 9.59 Å². The molecule has 0 aromatic heterocycles. The summed E-state index contributed by atoms with van der Waals surface area (Å²) in [5.41, 5.74) is 2.59. The zero-order valence-corrected chi connectivity index (χ0v) is 20.6. The predicted octanol–water partition coefficient (Wildman–Crippen LogP) is 5.82. The molecule has 1 fully saturated rings. The minimum atomic E-state index is -0.840. The number of hydrogen-bond acceptors (Lipinski definition) is 5. The van der Waals surface area contributed by atoms with Crippen LogP contribution in [0.4, 0.5) is 11.4 Å². The van der Waals surface area contributed by atoms with Gasteiger partial charge in [-0.15, -0.1) is 0 Å². The van der Waals surface area contributed by atoms with E-state index in [9.17, 15) is 14.7 Å². The summed E-state index contributed by atoms with van der Waals surface area (Å²) >= 11 is 6.01. The number of aliphatic hydroxyl groups is 1. The van der Waals surface area contributed by atoms with Gasteiger partial charge in [0.2, 0.25) is 0 Å². The number of Topliss-reactive ketones (excluding diaryl/α,β-unsaturated/α-hetero) is 1. The number of halogens is 1. The van der Waals surface area contributed by atoms with Crippen LogP contribution in [0.15, 0.2) is 78.4 Å². The van der Waals surface area contributed by atoms with Gasteiger partial charge in [0.15, 0.2) is 0 Å². The Morgan fingerprint density at radius 3 is 2.20 bits per heavy atom. The molecular weight excluding hydrogens is 464 g/mol. The molecule has 180 valence electrons. The lowest BCUT2D eigenvalue weighted by Gasteiger charge is -2.27. The lowest BCUT2D eigenvalue weighted by atomic mass is 9.95. The first-order valence-corrected chi connectivity index (χ1v) is 11.8. The highest BCUT2D eigenvalue weighted by Crippen LogP contribution is 2.45. The molecule has 1 heterocycles. The van der Waals surface area contributed by atoms with Crippen LogP contribution in [0.1, 0.15) is 31.0 Å². The number of ketones is 1. The topological polar surface area (TPSA) is 70.1 Å². The fourth-order valence-corrected chi connectivity index (χ4v) is 4.57. The maximum atomic E-state index is 13.4. The van der Waals surface area contributed by atoms with E-state index in [-0.39, 0.29) is 11.3 Å². The summed E-state index contributed by atoms with van der Waals surface area (Å²) < 4.78 is 5.49. The normalized spacial score (nSPS) is 17.0. The number of ether oxygens (including phenoxy) is 1. The number of carbonyl (C=O) groups excluding carboxylic acids is 2. The Labute approximate surface area is 210 Å². The number of nitrogens with zero attached hydrogens (tertiary/aromatic N) is 2. The molecule has 1 unspecified atom stereocenters. The van der Waals surface area contributed by atoms with Gasteiger partial charge in [0.25, 0.3) is 11.7 Å². The molecule has 1 atom stereocenters. The summed E-state index contributed by atoms with van der Waals surface area (Å²) in [5.74, 6) is -1.30. The molecule has 0 bridgehead atoms. The Morgan fingerprint density at radius 1 is 0.971 bits per heavy atom. The predicted molar refractivity (Wildman–Crippen MR) is 139 cm³/mol. The number of para-hydroxylation sites is 2. The highest BCUT2D eigenvalue weighted by atomic mass is 35.5. The maximum Gasteiger partial charge on any atom is 0.300 e. The van der Waals surface area contributed by atoms with Crippen molar-refractivity contribution < 1.29 is 19.4 Å². The van der Waals surface area contributed by atoms with Gasteiger partial charge in [-0.25, -0.2) is 0 Å². The highest BCUT2D eigenvalue weighted by molar-refractivity contribution is 6.52. The van der Waals surface area contributed by atoms with Crippen molar-refractivity contribution in [1.29, 1.82) is 0 Å². The first-order valence-electron chi connectivity index (χ1n) is 11.5. The van der Waals surface area contributed by atoms with E-state index in [0.717, 1.165) is 18.8 Å². The molecule has 1 aliphatic heterocycles. The Bertz CT molecular complexity index is 1260. The van der Waals surface area contributed by atoms with Crippen molar-refractivity contribution in [2.24, 2.45) is 0 Å². The minimum Gasteiger partial charge on any atom is -0.507 e. The zero-order chi connectivity index (χ0) is 25.1. The number of rotatable bonds is 7. The van der Waals surface area contributed by atoms with Crippen molar-refractivity contribution in [1.82, 2.24) is 0 Å². The number of carbonyl (C=O) groups is 2. The van der Waals surface area contributed by atoms with Crippen LogP contribution >= 0.6 is 11.6 Å². The van der Waals surface area contributed by atoms with Crippen molar-refractivity contribution in [2.45, 2.75) is 19.9 Å². The lowest BCUT2D eigenvalue weighted by Crippen LogP contribution is -2.30. The molecule has 0 radical (unpaired) electrons. The largest absolute Gasteiger partial charge is 0.507 e. The quantitative estimate of drug-likeness (QED) is 0.257. The summed E-state index contributed by atoms with van der Waals surface area (Å²) in [6.07, 6.45) is 0. The van der Waals surface area contributed by atoms with Crippen LogP contribution in [0.2, 0.25) is 5.02 Å². The monoisotopic (exact) mass is 490 g/mol. The van der Waals surface area contributed by atoms with Crippen molar-refractivity contribution >= 4 is 40.4 Å². The van der Waals surface area contributed by atoms with E-state index in [2.05, 4.69) is 18.7 Å². The number of benzene rings is 3. The molecule has 6 nitrogen and oxygen atoms in total. The molecule has 0 saturated carbocycles. The number of aliphatic hydroxyl groups excluding tert-OH is 1. The fraction of sp³-hybridized carbons (Fsp3) is 0.214. The van der Waals surface area contributed by atoms with Gasteiger partial charge in [-0.3, -0.25) is 14.5 Å². The van der Waals surface area contributed by atoms with E-state index in [4.69, 9.17) is 16.3 Å². The van der Waals surface area contributed by atoms with Crippen LogP contribution in [0, 0.1) is 0 Å². The molecule has 7 heteroatoms. The SMILES string of the molecule is CCN(CC)c1ccc(C2/C(=C(/O)c3ccc(Cl)cc3)C(=O)C(=O)N2c2ccccc2OC)cc1. The number of amides is 1. The lowest BCUT2D eigenvalue weighted by molar-refractivity contribution is -0.132. The number of methoxy groups -OCH3 is 1. The summed E-state index contributed by atoms with van der Waals surface area (Å²) in [7, 11) is 1.51. The fourth-order valence-electron chi connectivity index (χ4n) is 4.44. The van der Waals surface area contributed by atoms with Gasteiger partial charge < -0.3 is 14.7 Å². The summed E-state index contributed by atoms with van der Waals surface area (Å²) in [4.78, 5) is 30.3. The second-order valence-corrected chi connectivity index (χ2v) is 8.55. The maximum absolute atomic E-state index is 13.4. The van der Waals surface area contributed by atoms with E-state index >= 15 is 0 Å². The van der Waals surface area contributed by atoms with E-state index in [1.54, 1.807) is 48.5 Å². The Balaban J connectivity index is 1.92. The standard InChI is InChI=1S/C28H27ClN2O4/c1-4-30(5-2)21-16-12-18(13-17-21)25-24(26(32)19-10-14-20(29)15-11-19)27(33)28(34)31(25)22-8-6-7-9-23(22)35-3/h6-17,25,32H,4-5H2,1-3H3/b26-24-. The highest BCUT2D eigenvalue weighted by Gasteiger charge is 2.47. The second-order valence-electron chi connectivity index (χ2n) is 8.11. The summed E-state index contributed by atoms with van der Waals surface area (Å²) in [6.45, 7) is 5.87. The van der Waals surface area contributed by atoms with Gasteiger partial charge in [-0.1, -0.05) is 35.9 Å². The molecule has 0 aliphatic carbocycles. The average Bonchev–Trinajstić information content (AvgIpc) is 3.15. The minimum absolute atomic E-state index is 0.0128. The molecule has 35 heavy (non-hydrogen) atoms. The number of anilines is 2. The van der Waals surface area contributed by atoms with Crippen LogP contribution in [0.25, 0.3) is 5.76 Å². The molecule has 1 amide bonds. The van der Waals surface area contributed by atoms with Crippen molar-refractivity contribution in [3.8, 4) is 5.75 Å². The zero-order valence-electron chi connectivity index (χ0n) is 19.9. The van der Waals surface area contributed by atoms with Crippen LogP contribution in [0.3, 0.4) is 0 Å². The van der Waals surface area contributed by atoms with E-state index < -0.39 is 17.7 Å². The van der Waals surface area contributed by atoms with Gasteiger partial charge in [0, 0.05) is 29.4 Å². The first-order chi connectivity index (χ1) is 16.9. The molecule has 0 spiro atoms. The average molecular weight is 491 g/mol. The molecule has 1 N–H and O–H groups in total. The molecular formula is C28H27ClN2O4. The van der Waals surface area contributed by atoms with Crippen molar-refractivity contribution in [3.05, 3.63) is 94.5 Å². The first kappa shape index (κ1) is 24.4. The van der Waals surface area contributed by atoms with E-state index in [1.807, 2.05) is 24.3 Å². The van der Waals surface area contributed by atoms with Gasteiger partial charge in [-0.2, -0.15) is 0 Å². The third-order valence-corrected chi connectivity index (χ3v) is 6.50. The number of hydrogen-bond donors (Lipinski definition) is 1. The summed E-state index contributed by atoms with van der Waals surface area (Å²) in [5, 5.41) is 11.7. The molecule has 4 rings (SSSR count). The smallest absolute Gasteiger partial charge is 0.300 e. The molecule has 1 saturated heterocycles. The van der Waals surface area contributed by atoms with E-state index in [0.29, 0.717) is 27.6 Å². The summed E-state index contributed by atoms with van der Waals surface area (Å²) in [6, 6.07) is 20.4. The van der Waals surface area contributed by atoms with Gasteiger partial charge in [0.05, 0.1) is 24.4 Å². The molecule has 1 aliphatic rings. The van der Waals surface area contributed by atoms with Crippen LogP contribution < -0.4 is 14.5 Å². The van der Waals surface area contributed by atoms with Gasteiger partial charge in [0.1, 0.15) is 11.5 Å². The third-order valence-electron chi connectivity index (χ3n) is 6.24. The van der Waals surface area contributed by atoms with Crippen molar-refractivity contribution in [2.75, 3.05) is 30.0 Å². The Morgan fingerprint density at radius 2 is 1.60 bits per heavy atom.